The second-order valence-electron chi connectivity index (χ2n) is 8.56. The Hall–Kier alpha value is -2.98. The molecule has 2 aromatic carbocycles. The molecule has 2 unspecified atom stereocenters. The minimum atomic E-state index is -4.06. The van der Waals surface area contributed by atoms with Crippen molar-refractivity contribution in [3.05, 3.63) is 74.8 Å². The smallest absolute Gasteiger partial charge is 0.391 e. The number of nitrogens with zero attached hydrogens (tertiary/aromatic N) is 2. The fourth-order valence-corrected chi connectivity index (χ4v) is 5.70. The summed E-state index contributed by atoms with van der Waals surface area (Å²) in [5, 5.41) is 6.00. The molecule has 0 radical (unpaired) electrons. The first kappa shape index (κ1) is 23.2. The molecule has 4 rings (SSSR count). The zero-order chi connectivity index (χ0) is 23.9. The molecule has 0 saturated heterocycles. The minimum Gasteiger partial charge on any atom is -0.391 e. The monoisotopic (exact) mass is 474 g/mol. The maximum absolute atomic E-state index is 14.8. The standard InChI is InChI=1S/C23H27FN4O4S/c1-13-7-10-18(24)20(14(13)2)15(3)21(22-25-26-23(29)32-22)27-33(30,31)17-9-8-16-6-5-11-28(4)19(16)12-17/h7-10,12,15,21,27H,5-6,11H2,1-4H3,(H,26,29). The summed E-state index contributed by atoms with van der Waals surface area (Å²) in [5.41, 5.74) is 3.84. The highest BCUT2D eigenvalue weighted by Crippen LogP contribution is 2.36. The molecule has 8 nitrogen and oxygen atoms in total. The van der Waals surface area contributed by atoms with Crippen molar-refractivity contribution in [2.24, 2.45) is 0 Å². The normalized spacial score (nSPS) is 15.8. The molecule has 2 N–H and O–H groups in total. The number of sulfonamides is 1. The van der Waals surface area contributed by atoms with Crippen molar-refractivity contribution in [2.75, 3.05) is 18.5 Å². The van der Waals surface area contributed by atoms with Gasteiger partial charge >= 0.3 is 5.76 Å². The number of halogens is 1. The second kappa shape index (κ2) is 8.75. The summed E-state index contributed by atoms with van der Waals surface area (Å²) in [5.74, 6) is -2.17. The van der Waals surface area contributed by atoms with Gasteiger partial charge in [-0.1, -0.05) is 19.1 Å². The zero-order valence-corrected chi connectivity index (χ0v) is 19.8. The predicted octanol–water partition coefficient (Wildman–Crippen LogP) is 3.32. The molecule has 0 fully saturated rings. The third-order valence-corrected chi connectivity index (χ3v) is 7.85. The van der Waals surface area contributed by atoms with Crippen LogP contribution in [0.4, 0.5) is 10.1 Å². The van der Waals surface area contributed by atoms with Crippen LogP contribution in [0, 0.1) is 19.7 Å². The van der Waals surface area contributed by atoms with Gasteiger partial charge in [0.15, 0.2) is 0 Å². The Morgan fingerprint density at radius 2 is 2.00 bits per heavy atom. The highest BCUT2D eigenvalue weighted by molar-refractivity contribution is 7.89. The number of rotatable bonds is 6. The van der Waals surface area contributed by atoms with E-state index in [4.69, 9.17) is 4.42 Å². The number of hydrogen-bond acceptors (Lipinski definition) is 6. The maximum atomic E-state index is 14.8. The van der Waals surface area contributed by atoms with E-state index in [1.165, 1.54) is 6.07 Å². The molecule has 2 atom stereocenters. The van der Waals surface area contributed by atoms with Gasteiger partial charge in [0.05, 0.1) is 4.90 Å². The molecular formula is C23H27FN4O4S. The largest absolute Gasteiger partial charge is 0.434 e. The number of hydrogen-bond donors (Lipinski definition) is 2. The van der Waals surface area contributed by atoms with Crippen LogP contribution in [0.15, 0.2) is 44.4 Å². The van der Waals surface area contributed by atoms with E-state index >= 15 is 0 Å². The molecule has 1 aliphatic heterocycles. The lowest BCUT2D eigenvalue weighted by molar-refractivity contribution is 0.377. The first-order valence-corrected chi connectivity index (χ1v) is 12.2. The molecule has 1 aliphatic rings. The van der Waals surface area contributed by atoms with Crippen molar-refractivity contribution in [1.29, 1.82) is 0 Å². The fraction of sp³-hybridized carbons (Fsp3) is 0.391. The predicted molar refractivity (Wildman–Crippen MR) is 123 cm³/mol. The van der Waals surface area contributed by atoms with Crippen molar-refractivity contribution in [3.63, 3.8) is 0 Å². The van der Waals surface area contributed by atoms with Crippen molar-refractivity contribution in [3.8, 4) is 0 Å². The molecule has 1 aromatic heterocycles. The van der Waals surface area contributed by atoms with Gasteiger partial charge in [0.1, 0.15) is 11.9 Å². The van der Waals surface area contributed by atoms with E-state index in [-0.39, 0.29) is 10.8 Å². The van der Waals surface area contributed by atoms with Crippen LogP contribution < -0.4 is 15.4 Å². The number of nitrogens with one attached hydrogen (secondary N) is 2. The molecule has 2 heterocycles. The van der Waals surface area contributed by atoms with Crippen LogP contribution in [0.25, 0.3) is 0 Å². The van der Waals surface area contributed by atoms with E-state index in [1.807, 2.05) is 24.9 Å². The van der Waals surface area contributed by atoms with Gasteiger partial charge in [-0.15, -0.1) is 5.10 Å². The number of aromatic amines is 1. The van der Waals surface area contributed by atoms with Crippen molar-refractivity contribution < 1.29 is 17.2 Å². The van der Waals surface area contributed by atoms with Gasteiger partial charge in [0.25, 0.3) is 0 Å². The molecule has 3 aromatic rings. The van der Waals surface area contributed by atoms with Gasteiger partial charge < -0.3 is 9.32 Å². The molecule has 10 heteroatoms. The molecule has 0 saturated carbocycles. The van der Waals surface area contributed by atoms with Crippen LogP contribution in [0.5, 0.6) is 0 Å². The third-order valence-electron chi connectivity index (χ3n) is 6.41. The summed E-state index contributed by atoms with van der Waals surface area (Å²) in [4.78, 5) is 13.7. The molecule has 176 valence electrons. The van der Waals surface area contributed by atoms with Crippen molar-refractivity contribution >= 4 is 15.7 Å². The number of H-pyrrole nitrogens is 1. The Labute approximate surface area is 191 Å². The number of aryl methyl sites for hydroxylation is 2. The molecule has 0 amide bonds. The average molecular weight is 475 g/mol. The van der Waals surface area contributed by atoms with Crippen LogP contribution in [-0.2, 0) is 16.4 Å². The summed E-state index contributed by atoms with van der Waals surface area (Å²) in [6.45, 7) is 6.14. The number of anilines is 1. The topological polar surface area (TPSA) is 108 Å². The zero-order valence-electron chi connectivity index (χ0n) is 19.0. The highest BCUT2D eigenvalue weighted by atomic mass is 32.2. The van der Waals surface area contributed by atoms with E-state index < -0.39 is 33.6 Å². The number of fused-ring (bicyclic) bond motifs is 1. The summed E-state index contributed by atoms with van der Waals surface area (Å²) in [6.07, 6.45) is 1.89. The highest BCUT2D eigenvalue weighted by Gasteiger charge is 2.33. The summed E-state index contributed by atoms with van der Waals surface area (Å²) in [6, 6.07) is 6.91. The Balaban J connectivity index is 1.76. The third kappa shape index (κ3) is 4.45. The van der Waals surface area contributed by atoms with Crippen molar-refractivity contribution in [1.82, 2.24) is 14.9 Å². The lowest BCUT2D eigenvalue weighted by atomic mass is 9.88. The van der Waals surface area contributed by atoms with Crippen LogP contribution in [0.3, 0.4) is 0 Å². The quantitative estimate of drug-likeness (QED) is 0.567. The van der Waals surface area contributed by atoms with Crippen LogP contribution >= 0.6 is 0 Å². The van der Waals surface area contributed by atoms with E-state index in [1.54, 1.807) is 32.0 Å². The SMILES string of the molecule is Cc1ccc(F)c(C(C)C(NS(=O)(=O)c2ccc3c(c2)N(C)CCC3)c2n[nH]c(=O)o2)c1C. The minimum absolute atomic E-state index is 0.0755. The maximum Gasteiger partial charge on any atom is 0.434 e. The van der Waals surface area contributed by atoms with E-state index in [0.29, 0.717) is 11.1 Å². The van der Waals surface area contributed by atoms with Gasteiger partial charge in [-0.05, 0) is 67.1 Å². The van der Waals surface area contributed by atoms with Crippen LogP contribution in [0.1, 0.15) is 53.4 Å². The molecule has 0 bridgehead atoms. The molecule has 0 spiro atoms. The van der Waals surface area contributed by atoms with Crippen molar-refractivity contribution in [2.45, 2.75) is 50.5 Å². The second-order valence-corrected chi connectivity index (χ2v) is 10.3. The lowest BCUT2D eigenvalue weighted by Gasteiger charge is -2.28. The lowest BCUT2D eigenvalue weighted by Crippen LogP contribution is -2.33. The average Bonchev–Trinajstić information content (AvgIpc) is 3.21. The van der Waals surface area contributed by atoms with E-state index in [2.05, 4.69) is 14.9 Å². The van der Waals surface area contributed by atoms with Crippen LogP contribution in [-0.4, -0.2) is 32.2 Å². The summed E-state index contributed by atoms with van der Waals surface area (Å²) in [7, 11) is -2.13. The Morgan fingerprint density at radius 1 is 1.24 bits per heavy atom. The van der Waals surface area contributed by atoms with Gasteiger partial charge in [0, 0.05) is 25.2 Å². The first-order valence-electron chi connectivity index (χ1n) is 10.8. The van der Waals surface area contributed by atoms with E-state index in [9.17, 15) is 17.6 Å². The molecular weight excluding hydrogens is 447 g/mol. The molecule has 33 heavy (non-hydrogen) atoms. The number of aromatic nitrogens is 2. The summed E-state index contributed by atoms with van der Waals surface area (Å²) >= 11 is 0. The Kier molecular flexibility index (Phi) is 6.15. The van der Waals surface area contributed by atoms with E-state index in [0.717, 1.165) is 36.2 Å². The van der Waals surface area contributed by atoms with Gasteiger partial charge in [-0.3, -0.25) is 0 Å². The van der Waals surface area contributed by atoms with Crippen LogP contribution in [0.2, 0.25) is 0 Å². The fourth-order valence-electron chi connectivity index (χ4n) is 4.41. The van der Waals surface area contributed by atoms with Gasteiger partial charge in [0.2, 0.25) is 15.9 Å². The summed E-state index contributed by atoms with van der Waals surface area (Å²) < 4.78 is 49.4. The Bertz CT molecular complexity index is 1350. The molecule has 0 aliphatic carbocycles. The Morgan fingerprint density at radius 3 is 2.70 bits per heavy atom. The number of benzene rings is 2. The van der Waals surface area contributed by atoms with Gasteiger partial charge in [-0.2, -0.15) is 4.72 Å². The first-order chi connectivity index (χ1) is 15.6. The van der Waals surface area contributed by atoms with Gasteiger partial charge in [-0.25, -0.2) is 22.7 Å².